The summed E-state index contributed by atoms with van der Waals surface area (Å²) in [6.07, 6.45) is 19.8. The topological polar surface area (TPSA) is 43.4 Å². The molecule has 0 aromatic heterocycles. The summed E-state index contributed by atoms with van der Waals surface area (Å²) < 4.78 is 5.60. The normalized spacial score (nSPS) is 22.7. The van der Waals surface area contributed by atoms with Gasteiger partial charge in [-0.2, -0.15) is 0 Å². The molecule has 30 heavy (non-hydrogen) atoms. The van der Waals surface area contributed by atoms with E-state index in [2.05, 4.69) is 77.2 Å². The summed E-state index contributed by atoms with van der Waals surface area (Å²) in [5, 5.41) is 0. The largest absolute Gasteiger partial charge is 0.458 e. The van der Waals surface area contributed by atoms with Gasteiger partial charge in [0.25, 0.3) is 0 Å². The molecule has 2 atom stereocenters. The lowest BCUT2D eigenvalue weighted by Gasteiger charge is -2.40. The Morgan fingerprint density at radius 3 is 2.30 bits per heavy atom. The Bertz CT molecular complexity index is 785. The molecular weight excluding hydrogens is 372 g/mol. The van der Waals surface area contributed by atoms with E-state index in [0.717, 1.165) is 6.42 Å². The number of allylic oxidation sites excluding steroid dienone is 11. The van der Waals surface area contributed by atoms with Crippen molar-refractivity contribution < 1.29 is 14.3 Å². The molecule has 0 saturated carbocycles. The fraction of sp³-hybridized carbons (Fsp3) is 0.481. The van der Waals surface area contributed by atoms with Crippen LogP contribution in [0.3, 0.4) is 0 Å². The lowest BCUT2D eigenvalue weighted by atomic mass is 9.67. The summed E-state index contributed by atoms with van der Waals surface area (Å²) in [4.78, 5) is 23.1. The van der Waals surface area contributed by atoms with Crippen molar-refractivity contribution in [1.29, 1.82) is 0 Å². The van der Waals surface area contributed by atoms with Crippen molar-refractivity contribution in [3.63, 3.8) is 0 Å². The van der Waals surface area contributed by atoms with Gasteiger partial charge in [-0.3, -0.25) is 4.79 Å². The molecule has 1 aliphatic carbocycles. The smallest absolute Gasteiger partial charge is 0.306 e. The van der Waals surface area contributed by atoms with Crippen molar-refractivity contribution in [2.75, 3.05) is 0 Å². The molecule has 0 bridgehead atoms. The van der Waals surface area contributed by atoms with Gasteiger partial charge in [0.15, 0.2) is 0 Å². The molecule has 3 heteroatoms. The van der Waals surface area contributed by atoms with E-state index >= 15 is 0 Å². The SMILES string of the molecule is C/C=C/C=C(C)/C=C/C=C(C)/C=C/C1C(C)=CC(OC(=O)CCC(C)=O)CC1(C)C. The number of hydrogen-bond donors (Lipinski definition) is 0. The second kappa shape index (κ2) is 12.3. The molecule has 0 N–H and O–H groups in total. The molecule has 3 nitrogen and oxygen atoms in total. The Morgan fingerprint density at radius 2 is 1.70 bits per heavy atom. The zero-order chi connectivity index (χ0) is 22.7. The van der Waals surface area contributed by atoms with E-state index in [4.69, 9.17) is 4.74 Å². The van der Waals surface area contributed by atoms with Crippen molar-refractivity contribution in [2.45, 2.75) is 73.8 Å². The lowest BCUT2D eigenvalue weighted by Crippen LogP contribution is -2.35. The van der Waals surface area contributed by atoms with Gasteiger partial charge in [-0.1, -0.05) is 79.2 Å². The van der Waals surface area contributed by atoms with Crippen molar-refractivity contribution in [1.82, 2.24) is 0 Å². The molecule has 0 aromatic carbocycles. The number of carbonyl (C=O) groups excluding carboxylic acids is 2. The first-order valence-electron chi connectivity index (χ1n) is 10.7. The van der Waals surface area contributed by atoms with E-state index in [1.54, 1.807) is 0 Å². The van der Waals surface area contributed by atoms with E-state index in [1.165, 1.54) is 23.6 Å². The van der Waals surface area contributed by atoms with Gasteiger partial charge in [0.1, 0.15) is 11.9 Å². The maximum Gasteiger partial charge on any atom is 0.306 e. The van der Waals surface area contributed by atoms with Gasteiger partial charge in [-0.05, 0) is 52.5 Å². The maximum absolute atomic E-state index is 12.0. The van der Waals surface area contributed by atoms with E-state index < -0.39 is 0 Å². The van der Waals surface area contributed by atoms with Gasteiger partial charge in [-0.25, -0.2) is 0 Å². The van der Waals surface area contributed by atoms with Gasteiger partial charge < -0.3 is 9.53 Å². The van der Waals surface area contributed by atoms with Crippen LogP contribution in [0.4, 0.5) is 0 Å². The average molecular weight is 411 g/mol. The lowest BCUT2D eigenvalue weighted by molar-refractivity contribution is -0.149. The van der Waals surface area contributed by atoms with Crippen LogP contribution in [0.25, 0.3) is 0 Å². The summed E-state index contributed by atoms with van der Waals surface area (Å²) in [6.45, 7) is 14.2. The Kier molecular flexibility index (Phi) is 10.5. The second-order valence-corrected chi connectivity index (χ2v) is 8.88. The molecule has 0 heterocycles. The molecule has 1 aliphatic rings. The standard InChI is InChI=1S/C27H38O3/c1-8-9-11-20(2)12-10-13-21(3)14-16-25-22(4)18-24(19-27(25,6)7)30-26(29)17-15-23(5)28/h8-14,16,18,24-25H,15,17,19H2,1-7H3/b9-8+,12-10+,16-14+,20-11+,21-13+. The molecule has 0 spiro atoms. The first-order valence-corrected chi connectivity index (χ1v) is 10.7. The number of ether oxygens (including phenoxy) is 1. The van der Waals surface area contributed by atoms with Gasteiger partial charge >= 0.3 is 5.97 Å². The minimum Gasteiger partial charge on any atom is -0.458 e. The molecule has 164 valence electrons. The number of Topliss-reactive ketones (excluding diaryl/α,β-unsaturated/α-hetero) is 1. The monoisotopic (exact) mass is 410 g/mol. The van der Waals surface area contributed by atoms with Gasteiger partial charge in [-0.15, -0.1) is 0 Å². The number of rotatable bonds is 9. The molecular formula is C27H38O3. The Morgan fingerprint density at radius 1 is 1.07 bits per heavy atom. The molecule has 0 fully saturated rings. The van der Waals surface area contributed by atoms with Crippen LogP contribution in [-0.4, -0.2) is 17.9 Å². The zero-order valence-corrected chi connectivity index (χ0v) is 19.7. The highest BCUT2D eigenvalue weighted by molar-refractivity contribution is 5.81. The number of esters is 1. The average Bonchev–Trinajstić information content (AvgIpc) is 2.63. The number of ketones is 1. The van der Waals surface area contributed by atoms with Crippen LogP contribution < -0.4 is 0 Å². The summed E-state index contributed by atoms with van der Waals surface area (Å²) >= 11 is 0. The second-order valence-electron chi connectivity index (χ2n) is 8.88. The first-order chi connectivity index (χ1) is 14.0. The third-order valence-electron chi connectivity index (χ3n) is 5.29. The fourth-order valence-electron chi connectivity index (χ4n) is 3.67. The van der Waals surface area contributed by atoms with Crippen molar-refractivity contribution in [3.05, 3.63) is 71.4 Å². The molecule has 0 saturated heterocycles. The van der Waals surface area contributed by atoms with Crippen LogP contribution >= 0.6 is 0 Å². The summed E-state index contributed by atoms with van der Waals surface area (Å²) in [5.74, 6) is -0.00296. The maximum atomic E-state index is 12.0. The van der Waals surface area contributed by atoms with Gasteiger partial charge in [0.2, 0.25) is 0 Å². The Labute approximate surface area is 183 Å². The Balaban J connectivity index is 2.80. The fourth-order valence-corrected chi connectivity index (χ4v) is 3.67. The van der Waals surface area contributed by atoms with Gasteiger partial charge in [0, 0.05) is 12.3 Å². The first kappa shape index (κ1) is 25.6. The van der Waals surface area contributed by atoms with E-state index in [9.17, 15) is 9.59 Å². The molecule has 2 unspecified atom stereocenters. The highest BCUT2D eigenvalue weighted by Gasteiger charge is 2.36. The highest BCUT2D eigenvalue weighted by atomic mass is 16.5. The van der Waals surface area contributed by atoms with E-state index in [-0.39, 0.29) is 42.0 Å². The van der Waals surface area contributed by atoms with Crippen LogP contribution in [0, 0.1) is 11.3 Å². The summed E-state index contributed by atoms with van der Waals surface area (Å²) in [5.41, 5.74) is 3.58. The van der Waals surface area contributed by atoms with Gasteiger partial charge in [0.05, 0.1) is 6.42 Å². The van der Waals surface area contributed by atoms with Crippen LogP contribution in [-0.2, 0) is 14.3 Å². The summed E-state index contributed by atoms with van der Waals surface area (Å²) in [7, 11) is 0. The third-order valence-corrected chi connectivity index (χ3v) is 5.29. The predicted octanol–water partition coefficient (Wildman–Crippen LogP) is 6.84. The van der Waals surface area contributed by atoms with Crippen molar-refractivity contribution in [3.8, 4) is 0 Å². The van der Waals surface area contributed by atoms with Crippen molar-refractivity contribution >= 4 is 11.8 Å². The molecule has 0 radical (unpaired) electrons. The van der Waals surface area contributed by atoms with Crippen molar-refractivity contribution in [2.24, 2.45) is 11.3 Å². The van der Waals surface area contributed by atoms with Crippen LogP contribution in [0.1, 0.15) is 67.7 Å². The molecule has 0 aromatic rings. The van der Waals surface area contributed by atoms with E-state index in [1.807, 2.05) is 19.1 Å². The molecule has 1 rings (SSSR count). The molecule has 0 aliphatic heterocycles. The number of carbonyl (C=O) groups is 2. The minimum atomic E-state index is -0.298. The third kappa shape index (κ3) is 9.39. The summed E-state index contributed by atoms with van der Waals surface area (Å²) in [6, 6.07) is 0. The number of hydrogen-bond acceptors (Lipinski definition) is 3. The van der Waals surface area contributed by atoms with Crippen LogP contribution in [0.2, 0.25) is 0 Å². The Hall–Kier alpha value is -2.42. The van der Waals surface area contributed by atoms with Crippen LogP contribution in [0.5, 0.6) is 0 Å². The molecule has 0 amide bonds. The van der Waals surface area contributed by atoms with E-state index in [0.29, 0.717) is 0 Å². The van der Waals surface area contributed by atoms with Crippen LogP contribution in [0.15, 0.2) is 71.4 Å². The minimum absolute atomic E-state index is 0.00935. The quantitative estimate of drug-likeness (QED) is 0.237. The predicted molar refractivity (Wildman–Crippen MR) is 126 cm³/mol. The zero-order valence-electron chi connectivity index (χ0n) is 19.7. The highest BCUT2D eigenvalue weighted by Crippen LogP contribution is 2.42.